The molecule has 7 aromatic rings. The molecule has 7 nitrogen and oxygen atoms in total. The number of aromatic hydroxyl groups is 1. The SMILES string of the molecule is CC(C)(C)c1ccc(O)c(-c2cccc(Oc3ccc4c(n3)n(-c3ccccc3)c3nc5ccc(C(C)(C)C)cc5n43)n2)c1. The molecule has 0 spiro atoms. The van der Waals surface area contributed by atoms with Gasteiger partial charge in [-0.05, 0) is 70.5 Å². The number of phenolic OH excluding ortho intramolecular Hbond substituents is 1. The first-order valence-electron chi connectivity index (χ1n) is 14.9. The molecule has 0 saturated heterocycles. The number of hydrogen-bond donors (Lipinski definition) is 1. The van der Waals surface area contributed by atoms with Crippen molar-refractivity contribution in [2.75, 3.05) is 0 Å². The van der Waals surface area contributed by atoms with Crippen LogP contribution in [0.25, 0.3) is 44.9 Å². The molecule has 7 heteroatoms. The number of benzene rings is 3. The molecule has 7 rings (SSSR count). The van der Waals surface area contributed by atoms with Crippen molar-refractivity contribution in [2.24, 2.45) is 0 Å². The topological polar surface area (TPSA) is 77.5 Å². The highest BCUT2D eigenvalue weighted by Crippen LogP contribution is 2.36. The molecule has 0 aliphatic heterocycles. The summed E-state index contributed by atoms with van der Waals surface area (Å²) >= 11 is 0. The fourth-order valence-electron chi connectivity index (χ4n) is 5.58. The number of nitrogens with zero attached hydrogens (tertiary/aromatic N) is 5. The molecule has 4 heterocycles. The highest BCUT2D eigenvalue weighted by atomic mass is 16.5. The first kappa shape index (κ1) is 27.7. The Kier molecular flexibility index (Phi) is 6.25. The summed E-state index contributed by atoms with van der Waals surface area (Å²) in [4.78, 5) is 14.8. The summed E-state index contributed by atoms with van der Waals surface area (Å²) in [6, 6.07) is 31.7. The zero-order valence-electron chi connectivity index (χ0n) is 25.8. The summed E-state index contributed by atoms with van der Waals surface area (Å²) in [6.07, 6.45) is 0. The Morgan fingerprint density at radius 1 is 0.636 bits per heavy atom. The molecule has 0 bridgehead atoms. The predicted molar refractivity (Wildman–Crippen MR) is 176 cm³/mol. The molecule has 0 fully saturated rings. The van der Waals surface area contributed by atoms with E-state index in [1.807, 2.05) is 54.6 Å². The third kappa shape index (κ3) is 4.74. The average molecular weight is 582 g/mol. The van der Waals surface area contributed by atoms with Crippen LogP contribution in [0.5, 0.6) is 17.5 Å². The van der Waals surface area contributed by atoms with Gasteiger partial charge in [0, 0.05) is 17.7 Å². The Bertz CT molecular complexity index is 2180. The van der Waals surface area contributed by atoms with Crippen LogP contribution in [0.4, 0.5) is 0 Å². The maximum atomic E-state index is 10.7. The molecule has 4 aromatic heterocycles. The molecule has 3 aromatic carbocycles. The maximum Gasteiger partial charge on any atom is 0.223 e. The van der Waals surface area contributed by atoms with E-state index < -0.39 is 0 Å². The zero-order chi connectivity index (χ0) is 30.8. The van der Waals surface area contributed by atoms with Crippen LogP contribution in [0, 0.1) is 0 Å². The van der Waals surface area contributed by atoms with E-state index in [0.717, 1.165) is 39.2 Å². The van der Waals surface area contributed by atoms with Crippen molar-refractivity contribution in [1.29, 1.82) is 0 Å². The summed E-state index contributed by atoms with van der Waals surface area (Å²) in [5, 5.41) is 10.7. The van der Waals surface area contributed by atoms with Crippen LogP contribution in [-0.4, -0.2) is 29.0 Å². The number of rotatable bonds is 4. The average Bonchev–Trinajstić information content (AvgIpc) is 3.50. The summed E-state index contributed by atoms with van der Waals surface area (Å²) in [5.41, 5.74) is 8.15. The number of pyridine rings is 2. The van der Waals surface area contributed by atoms with Gasteiger partial charge in [-0.2, -0.15) is 4.98 Å². The summed E-state index contributed by atoms with van der Waals surface area (Å²) in [5.74, 6) is 1.75. The Balaban J connectivity index is 1.35. The van der Waals surface area contributed by atoms with Gasteiger partial charge < -0.3 is 9.84 Å². The van der Waals surface area contributed by atoms with Gasteiger partial charge in [0.05, 0.1) is 27.9 Å². The lowest BCUT2D eigenvalue weighted by Crippen LogP contribution is -2.10. The Hall–Kier alpha value is -5.17. The molecular formula is C37H35N5O2. The van der Waals surface area contributed by atoms with Crippen molar-refractivity contribution in [3.05, 3.63) is 108 Å². The fourth-order valence-corrected chi connectivity index (χ4v) is 5.58. The minimum atomic E-state index is -0.0665. The lowest BCUT2D eigenvalue weighted by Gasteiger charge is -2.20. The van der Waals surface area contributed by atoms with E-state index in [4.69, 9.17) is 19.7 Å². The maximum absolute atomic E-state index is 10.7. The number of aromatic nitrogens is 5. The van der Waals surface area contributed by atoms with Gasteiger partial charge in [-0.25, -0.2) is 9.97 Å². The van der Waals surface area contributed by atoms with Gasteiger partial charge in [0.2, 0.25) is 17.5 Å². The van der Waals surface area contributed by atoms with E-state index >= 15 is 0 Å². The van der Waals surface area contributed by atoms with Gasteiger partial charge in [0.25, 0.3) is 0 Å². The number of fused-ring (bicyclic) bond motifs is 5. The van der Waals surface area contributed by atoms with Crippen LogP contribution in [0.15, 0.2) is 97.1 Å². The molecule has 44 heavy (non-hydrogen) atoms. The molecular weight excluding hydrogens is 546 g/mol. The van der Waals surface area contributed by atoms with E-state index in [-0.39, 0.29) is 16.6 Å². The zero-order valence-corrected chi connectivity index (χ0v) is 25.8. The standard InChI is InChI=1S/C37H35N5O2/c1-36(2,3)23-16-19-31(43)26(21-23)27-13-10-14-32(38-27)44-33-20-18-29-34(40-33)41(25-11-8-7-9-12-25)35-39-28-17-15-24(37(4,5)6)22-30(28)42(29)35/h7-22,43H,1-6H3. The minimum absolute atomic E-state index is 0.00178. The monoisotopic (exact) mass is 581 g/mol. The van der Waals surface area contributed by atoms with Crippen molar-refractivity contribution < 1.29 is 9.84 Å². The minimum Gasteiger partial charge on any atom is -0.507 e. The second kappa shape index (κ2) is 9.95. The smallest absolute Gasteiger partial charge is 0.223 e. The number of imidazole rings is 2. The van der Waals surface area contributed by atoms with Crippen molar-refractivity contribution in [3.8, 4) is 34.5 Å². The Labute approximate surface area is 256 Å². The number of para-hydroxylation sites is 1. The number of hydrogen-bond acceptors (Lipinski definition) is 5. The first-order chi connectivity index (χ1) is 21.0. The van der Waals surface area contributed by atoms with Gasteiger partial charge in [-0.15, -0.1) is 0 Å². The van der Waals surface area contributed by atoms with Crippen LogP contribution >= 0.6 is 0 Å². The highest BCUT2D eigenvalue weighted by molar-refractivity contribution is 5.91. The van der Waals surface area contributed by atoms with Crippen LogP contribution < -0.4 is 4.74 Å². The van der Waals surface area contributed by atoms with Gasteiger partial charge in [0.1, 0.15) is 5.75 Å². The largest absolute Gasteiger partial charge is 0.507 e. The van der Waals surface area contributed by atoms with Gasteiger partial charge in [-0.1, -0.05) is 77.9 Å². The predicted octanol–water partition coefficient (Wildman–Crippen LogP) is 8.98. The second-order valence-corrected chi connectivity index (χ2v) is 13.3. The molecule has 0 aliphatic rings. The Morgan fingerprint density at radius 3 is 2.09 bits per heavy atom. The van der Waals surface area contributed by atoms with E-state index in [1.165, 1.54) is 5.56 Å². The molecule has 0 unspecified atom stereocenters. The van der Waals surface area contributed by atoms with Crippen LogP contribution in [0.1, 0.15) is 52.7 Å². The fraction of sp³-hybridized carbons (Fsp3) is 0.216. The van der Waals surface area contributed by atoms with E-state index in [0.29, 0.717) is 23.0 Å². The Morgan fingerprint density at radius 2 is 1.34 bits per heavy atom. The van der Waals surface area contributed by atoms with Crippen LogP contribution in [-0.2, 0) is 10.8 Å². The van der Waals surface area contributed by atoms with Crippen molar-refractivity contribution in [2.45, 2.75) is 52.4 Å². The highest BCUT2D eigenvalue weighted by Gasteiger charge is 2.22. The van der Waals surface area contributed by atoms with Crippen molar-refractivity contribution in [1.82, 2.24) is 23.9 Å². The number of ether oxygens (including phenoxy) is 1. The van der Waals surface area contributed by atoms with E-state index in [1.54, 1.807) is 12.1 Å². The second-order valence-electron chi connectivity index (χ2n) is 13.3. The van der Waals surface area contributed by atoms with E-state index in [9.17, 15) is 5.11 Å². The van der Waals surface area contributed by atoms with Gasteiger partial charge in [-0.3, -0.25) is 8.97 Å². The molecule has 0 aliphatic carbocycles. The van der Waals surface area contributed by atoms with E-state index in [2.05, 4.69) is 80.8 Å². The normalized spacial score (nSPS) is 12.4. The third-order valence-electron chi connectivity index (χ3n) is 8.07. The van der Waals surface area contributed by atoms with Gasteiger partial charge >= 0.3 is 0 Å². The third-order valence-corrected chi connectivity index (χ3v) is 8.07. The number of phenols is 1. The molecule has 0 radical (unpaired) electrons. The summed E-state index contributed by atoms with van der Waals surface area (Å²) < 4.78 is 10.5. The summed E-state index contributed by atoms with van der Waals surface area (Å²) in [6.45, 7) is 13.1. The molecule has 220 valence electrons. The quantitative estimate of drug-likeness (QED) is 0.224. The molecule has 0 saturated carbocycles. The molecule has 0 amide bonds. The van der Waals surface area contributed by atoms with Crippen molar-refractivity contribution >= 4 is 28.0 Å². The van der Waals surface area contributed by atoms with Gasteiger partial charge in [0.15, 0.2) is 5.65 Å². The van der Waals surface area contributed by atoms with Crippen LogP contribution in [0.2, 0.25) is 0 Å². The molecule has 1 N–H and O–H groups in total. The van der Waals surface area contributed by atoms with Crippen LogP contribution in [0.3, 0.4) is 0 Å². The lowest BCUT2D eigenvalue weighted by molar-refractivity contribution is 0.446. The lowest BCUT2D eigenvalue weighted by atomic mass is 9.85. The first-order valence-corrected chi connectivity index (χ1v) is 14.9. The summed E-state index contributed by atoms with van der Waals surface area (Å²) in [7, 11) is 0. The van der Waals surface area contributed by atoms with Crippen molar-refractivity contribution in [3.63, 3.8) is 0 Å². The molecule has 0 atom stereocenters.